The number of hydrogen-bond donors (Lipinski definition) is 0. The van der Waals surface area contributed by atoms with Crippen LogP contribution in [-0.2, 0) is 15.6 Å². The van der Waals surface area contributed by atoms with Gasteiger partial charge in [0.25, 0.3) is 0 Å². The molecule has 4 aromatic carbocycles. The van der Waals surface area contributed by atoms with Crippen molar-refractivity contribution in [3.8, 4) is 0 Å². The van der Waals surface area contributed by atoms with Crippen molar-refractivity contribution in [1.82, 2.24) is 0 Å². The molecule has 2 unspecified atom stereocenters. The van der Waals surface area contributed by atoms with Crippen molar-refractivity contribution in [2.75, 3.05) is 0 Å². The first-order valence-electron chi connectivity index (χ1n) is 9.58. The highest BCUT2D eigenvalue weighted by Crippen LogP contribution is 2.55. The zero-order chi connectivity index (χ0) is 19.0. The standard InChI is InChI=1S/C25H18O2S/c1-14(26)24-23-19-10-15-6-2-4-8-17(15)12-21(19)25(28(24)27)22-13-18-9-5-3-7-16(18)11-20(22)23/h2-13,23-25H,1H3. The number of rotatable bonds is 1. The second-order valence-electron chi connectivity index (χ2n) is 7.87. The van der Waals surface area contributed by atoms with E-state index < -0.39 is 16.0 Å². The van der Waals surface area contributed by atoms with Crippen LogP contribution in [0.5, 0.6) is 0 Å². The Morgan fingerprint density at radius 1 is 0.714 bits per heavy atom. The molecule has 7 rings (SSSR count). The summed E-state index contributed by atoms with van der Waals surface area (Å²) >= 11 is 0. The molecule has 2 heterocycles. The lowest BCUT2D eigenvalue weighted by molar-refractivity contribution is -0.116. The van der Waals surface area contributed by atoms with Gasteiger partial charge in [0.05, 0.1) is 5.25 Å². The Morgan fingerprint density at radius 3 is 1.50 bits per heavy atom. The molecule has 2 aliphatic heterocycles. The average Bonchev–Trinajstić information content (AvgIpc) is 2.70. The Hall–Kier alpha value is -2.78. The van der Waals surface area contributed by atoms with Gasteiger partial charge in [0.15, 0.2) is 0 Å². The summed E-state index contributed by atoms with van der Waals surface area (Å²) in [5.74, 6) is -0.117. The first-order valence-corrected chi connectivity index (χ1v) is 10.9. The predicted octanol–water partition coefficient (Wildman–Crippen LogP) is 5.25. The van der Waals surface area contributed by atoms with Crippen molar-refractivity contribution in [3.05, 3.63) is 95.1 Å². The highest BCUT2D eigenvalue weighted by molar-refractivity contribution is 7.87. The van der Waals surface area contributed by atoms with E-state index in [1.807, 2.05) is 24.3 Å². The molecule has 0 spiro atoms. The van der Waals surface area contributed by atoms with Crippen LogP contribution in [0.2, 0.25) is 0 Å². The van der Waals surface area contributed by atoms with Crippen LogP contribution in [-0.4, -0.2) is 15.2 Å². The van der Waals surface area contributed by atoms with Gasteiger partial charge in [-0.1, -0.05) is 60.7 Å². The van der Waals surface area contributed by atoms with Crippen LogP contribution < -0.4 is 0 Å². The third-order valence-corrected chi connectivity index (χ3v) is 8.40. The minimum atomic E-state index is -1.25. The number of fused-ring (bicyclic) bond motifs is 3. The van der Waals surface area contributed by atoms with E-state index >= 15 is 0 Å². The maximum absolute atomic E-state index is 13.5. The summed E-state index contributed by atoms with van der Waals surface area (Å²) in [5.41, 5.74) is 4.60. The molecule has 0 saturated carbocycles. The van der Waals surface area contributed by atoms with Crippen LogP contribution in [0.25, 0.3) is 21.5 Å². The van der Waals surface area contributed by atoms with Crippen LogP contribution in [0.4, 0.5) is 0 Å². The smallest absolute Gasteiger partial charge is 0.146 e. The van der Waals surface area contributed by atoms with Crippen molar-refractivity contribution in [3.63, 3.8) is 0 Å². The summed E-state index contributed by atoms with van der Waals surface area (Å²) in [6.45, 7) is 1.59. The molecule has 0 fully saturated rings. The van der Waals surface area contributed by atoms with E-state index in [1.54, 1.807) is 6.92 Å². The summed E-state index contributed by atoms with van der Waals surface area (Å²) in [7, 11) is -1.25. The Labute approximate surface area is 165 Å². The Morgan fingerprint density at radius 2 is 1.11 bits per heavy atom. The normalized spacial score (nSPS) is 24.9. The first-order chi connectivity index (χ1) is 13.6. The molecule has 1 aliphatic carbocycles. The molecule has 136 valence electrons. The first kappa shape index (κ1) is 16.2. The summed E-state index contributed by atoms with van der Waals surface area (Å²) in [4.78, 5) is 12.6. The van der Waals surface area contributed by atoms with E-state index in [0.717, 1.165) is 21.9 Å². The number of benzene rings is 4. The van der Waals surface area contributed by atoms with Crippen molar-refractivity contribution in [1.29, 1.82) is 0 Å². The van der Waals surface area contributed by atoms with Crippen molar-refractivity contribution >= 4 is 38.1 Å². The molecule has 28 heavy (non-hydrogen) atoms. The number of hydrogen-bond acceptors (Lipinski definition) is 2. The quantitative estimate of drug-likeness (QED) is 0.451. The molecule has 3 heteroatoms. The number of Topliss-reactive ketones (excluding diaryl/α,β-unsaturated/α-hetero) is 1. The topological polar surface area (TPSA) is 34.1 Å². The molecule has 0 saturated heterocycles. The molecule has 0 aromatic heterocycles. The fourth-order valence-electron chi connectivity index (χ4n) is 5.13. The van der Waals surface area contributed by atoms with Gasteiger partial charge in [-0.15, -0.1) is 0 Å². The second kappa shape index (κ2) is 5.62. The highest BCUT2D eigenvalue weighted by Gasteiger charge is 2.50. The van der Waals surface area contributed by atoms with Crippen molar-refractivity contribution < 1.29 is 9.00 Å². The average molecular weight is 382 g/mol. The van der Waals surface area contributed by atoms with E-state index in [-0.39, 0.29) is 17.0 Å². The van der Waals surface area contributed by atoms with E-state index in [1.165, 1.54) is 21.9 Å². The molecule has 0 N–H and O–H groups in total. The van der Waals surface area contributed by atoms with Gasteiger partial charge in [-0.2, -0.15) is 0 Å². The highest BCUT2D eigenvalue weighted by atomic mass is 32.2. The maximum atomic E-state index is 13.5. The number of carbonyl (C=O) groups is 1. The Bertz CT molecular complexity index is 1250. The summed E-state index contributed by atoms with van der Waals surface area (Å²) in [6, 6.07) is 25.4. The minimum absolute atomic E-state index is 0.0194. The van der Waals surface area contributed by atoms with E-state index in [4.69, 9.17) is 0 Å². The number of carbonyl (C=O) groups excluding carboxylic acids is 1. The molecule has 4 aromatic rings. The molecular weight excluding hydrogens is 364 g/mol. The van der Waals surface area contributed by atoms with Gasteiger partial charge in [-0.3, -0.25) is 9.00 Å². The van der Waals surface area contributed by atoms with Crippen LogP contribution >= 0.6 is 0 Å². The lowest BCUT2D eigenvalue weighted by Gasteiger charge is -2.44. The van der Waals surface area contributed by atoms with Gasteiger partial charge in [-0.25, -0.2) is 0 Å². The van der Waals surface area contributed by atoms with Gasteiger partial charge < -0.3 is 0 Å². The van der Waals surface area contributed by atoms with Crippen LogP contribution in [0.3, 0.4) is 0 Å². The predicted molar refractivity (Wildman–Crippen MR) is 114 cm³/mol. The largest absolute Gasteiger partial charge is 0.299 e. The van der Waals surface area contributed by atoms with E-state index in [2.05, 4.69) is 48.5 Å². The third-order valence-electron chi connectivity index (χ3n) is 6.32. The van der Waals surface area contributed by atoms with Crippen LogP contribution in [0.15, 0.2) is 72.8 Å². The van der Waals surface area contributed by atoms with Gasteiger partial charge in [0.1, 0.15) is 11.0 Å². The Kier molecular flexibility index (Phi) is 3.25. The van der Waals surface area contributed by atoms with Gasteiger partial charge in [0.2, 0.25) is 0 Å². The van der Waals surface area contributed by atoms with E-state index in [9.17, 15) is 9.00 Å². The molecule has 0 radical (unpaired) electrons. The summed E-state index contributed by atoms with van der Waals surface area (Å²) in [6.07, 6.45) is 0. The van der Waals surface area contributed by atoms with Crippen LogP contribution in [0, 0.1) is 0 Å². The molecule has 0 amide bonds. The lowest BCUT2D eigenvalue weighted by atomic mass is 9.73. The third kappa shape index (κ3) is 2.03. The van der Waals surface area contributed by atoms with Crippen molar-refractivity contribution in [2.45, 2.75) is 23.3 Å². The minimum Gasteiger partial charge on any atom is -0.299 e. The molecule has 3 aliphatic rings. The SMILES string of the molecule is CC(=O)C1C2c3cc4ccccc4cc3C(c3cc4ccccc4cc32)S1=O. The monoisotopic (exact) mass is 382 g/mol. The summed E-state index contributed by atoms with van der Waals surface area (Å²) in [5, 5.41) is 3.96. The molecule has 2 nitrogen and oxygen atoms in total. The fourth-order valence-corrected chi connectivity index (χ4v) is 7.22. The van der Waals surface area contributed by atoms with Gasteiger partial charge in [0, 0.05) is 16.7 Å². The maximum Gasteiger partial charge on any atom is 0.146 e. The lowest BCUT2D eigenvalue weighted by Crippen LogP contribution is -2.43. The molecule has 2 atom stereocenters. The van der Waals surface area contributed by atoms with Gasteiger partial charge >= 0.3 is 0 Å². The Balaban J connectivity index is 1.73. The van der Waals surface area contributed by atoms with Crippen LogP contribution in [0.1, 0.15) is 40.3 Å². The zero-order valence-corrected chi connectivity index (χ0v) is 16.2. The summed E-state index contributed by atoms with van der Waals surface area (Å²) < 4.78 is 13.5. The van der Waals surface area contributed by atoms with Gasteiger partial charge in [-0.05, 0) is 62.9 Å². The van der Waals surface area contributed by atoms with E-state index in [0.29, 0.717) is 0 Å². The second-order valence-corrected chi connectivity index (χ2v) is 9.51. The van der Waals surface area contributed by atoms with Crippen molar-refractivity contribution in [2.24, 2.45) is 0 Å². The fraction of sp³-hybridized carbons (Fsp3) is 0.160. The number of ketones is 1. The molecule has 2 bridgehead atoms. The molecular formula is C25H18O2S. The zero-order valence-electron chi connectivity index (χ0n) is 15.4.